The lowest BCUT2D eigenvalue weighted by Crippen LogP contribution is -2.47. The summed E-state index contributed by atoms with van der Waals surface area (Å²) in [5, 5.41) is 2.98. The van der Waals surface area contributed by atoms with E-state index in [1.807, 2.05) is 68.4 Å². The van der Waals surface area contributed by atoms with Crippen molar-refractivity contribution in [1.29, 1.82) is 0 Å². The molecule has 1 atom stereocenters. The van der Waals surface area contributed by atoms with E-state index in [4.69, 9.17) is 9.15 Å². The molecule has 0 spiro atoms. The monoisotopic (exact) mass is 489 g/mol. The number of benzene rings is 2. The molecule has 7 heteroatoms. The van der Waals surface area contributed by atoms with E-state index in [9.17, 15) is 9.59 Å². The summed E-state index contributed by atoms with van der Waals surface area (Å²) in [5.74, 6) is 1.40. The highest BCUT2D eigenvalue weighted by atomic mass is 16.5. The molecule has 1 N–H and O–H groups in total. The number of nitrogens with zero attached hydrogens (tertiary/aromatic N) is 2. The van der Waals surface area contributed by atoms with E-state index in [-0.39, 0.29) is 24.6 Å². The minimum absolute atomic E-state index is 0.0357. The van der Waals surface area contributed by atoms with Crippen LogP contribution in [-0.4, -0.2) is 54.1 Å². The second kappa shape index (κ2) is 12.4. The minimum atomic E-state index is -0.301. The van der Waals surface area contributed by atoms with Crippen molar-refractivity contribution in [2.24, 2.45) is 0 Å². The minimum Gasteiger partial charge on any atom is -0.464 e. The zero-order chi connectivity index (χ0) is 25.3. The van der Waals surface area contributed by atoms with Crippen molar-refractivity contribution in [1.82, 2.24) is 9.80 Å². The van der Waals surface area contributed by atoms with Crippen LogP contribution < -0.4 is 5.32 Å². The zero-order valence-electron chi connectivity index (χ0n) is 21.1. The summed E-state index contributed by atoms with van der Waals surface area (Å²) >= 11 is 0. The van der Waals surface area contributed by atoms with Crippen LogP contribution >= 0.6 is 0 Å². The van der Waals surface area contributed by atoms with Crippen molar-refractivity contribution in [3.05, 3.63) is 89.4 Å². The quantitative estimate of drug-likeness (QED) is 0.426. The lowest BCUT2D eigenvalue weighted by atomic mass is 10.1. The molecule has 1 fully saturated rings. The first-order valence-electron chi connectivity index (χ1n) is 12.6. The van der Waals surface area contributed by atoms with Gasteiger partial charge in [0.25, 0.3) is 0 Å². The van der Waals surface area contributed by atoms with E-state index in [2.05, 4.69) is 17.4 Å². The van der Waals surface area contributed by atoms with Gasteiger partial charge in [0.2, 0.25) is 5.91 Å². The Morgan fingerprint density at radius 1 is 0.972 bits per heavy atom. The number of nitrogens with one attached hydrogen (secondary N) is 1. The molecule has 1 unspecified atom stereocenters. The van der Waals surface area contributed by atoms with Crippen LogP contribution in [0.15, 0.2) is 71.1 Å². The van der Waals surface area contributed by atoms with Gasteiger partial charge < -0.3 is 24.3 Å². The summed E-state index contributed by atoms with van der Waals surface area (Å²) in [7, 11) is 0. The average molecular weight is 490 g/mol. The fourth-order valence-electron chi connectivity index (χ4n) is 4.38. The highest BCUT2D eigenvalue weighted by molar-refractivity contribution is 5.93. The van der Waals surface area contributed by atoms with Gasteiger partial charge in [0, 0.05) is 25.4 Å². The molecule has 0 saturated carbocycles. The summed E-state index contributed by atoms with van der Waals surface area (Å²) in [5.41, 5.74) is 2.85. The lowest BCUT2D eigenvalue weighted by molar-refractivity contribution is -0.132. The summed E-state index contributed by atoms with van der Waals surface area (Å²) in [6.45, 7) is 5.73. The third-order valence-electron chi connectivity index (χ3n) is 6.46. The van der Waals surface area contributed by atoms with Crippen molar-refractivity contribution < 1.29 is 18.7 Å². The van der Waals surface area contributed by atoms with Gasteiger partial charge in [-0.15, -0.1) is 0 Å². The van der Waals surface area contributed by atoms with E-state index in [0.717, 1.165) is 41.2 Å². The molecule has 4 rings (SSSR count). The predicted octanol–water partition coefficient (Wildman–Crippen LogP) is 5.18. The zero-order valence-corrected chi connectivity index (χ0v) is 21.1. The molecular formula is C29H35N3O4. The standard InChI is InChI=1S/C29H35N3O4/c1-22-9-6-7-13-27(22)30-29(34)32(19-25-12-8-18-35-25)21-28(33)31(20-26-15-14-23(2)36-26)17-16-24-10-4-3-5-11-24/h3-7,9-11,13-15,25H,8,12,16-21H2,1-2H3,(H,30,34). The molecule has 1 saturated heterocycles. The van der Waals surface area contributed by atoms with Gasteiger partial charge in [0.05, 0.1) is 12.6 Å². The molecule has 190 valence electrons. The first-order chi connectivity index (χ1) is 17.5. The van der Waals surface area contributed by atoms with Gasteiger partial charge in [0.15, 0.2) is 0 Å². The summed E-state index contributed by atoms with van der Waals surface area (Å²) in [6.07, 6.45) is 2.50. The van der Waals surface area contributed by atoms with Gasteiger partial charge in [-0.3, -0.25) is 4.79 Å². The first kappa shape index (κ1) is 25.5. The predicted molar refractivity (Wildman–Crippen MR) is 140 cm³/mol. The van der Waals surface area contributed by atoms with Gasteiger partial charge in [0.1, 0.15) is 18.1 Å². The number of aryl methyl sites for hydroxylation is 2. The second-order valence-corrected chi connectivity index (χ2v) is 9.32. The van der Waals surface area contributed by atoms with E-state index < -0.39 is 0 Å². The van der Waals surface area contributed by atoms with Crippen LogP contribution in [-0.2, 0) is 22.5 Å². The third kappa shape index (κ3) is 7.21. The van der Waals surface area contributed by atoms with Crippen molar-refractivity contribution in [3.63, 3.8) is 0 Å². The third-order valence-corrected chi connectivity index (χ3v) is 6.46. The number of urea groups is 1. The van der Waals surface area contributed by atoms with Crippen LogP contribution in [0.2, 0.25) is 0 Å². The maximum atomic E-state index is 13.6. The van der Waals surface area contributed by atoms with Gasteiger partial charge in [-0.2, -0.15) is 0 Å². The van der Waals surface area contributed by atoms with Gasteiger partial charge in [-0.25, -0.2) is 4.79 Å². The Balaban J connectivity index is 1.49. The fourth-order valence-corrected chi connectivity index (χ4v) is 4.38. The Hall–Kier alpha value is -3.58. The second-order valence-electron chi connectivity index (χ2n) is 9.32. The normalized spacial score (nSPS) is 15.0. The molecule has 2 heterocycles. The molecule has 0 radical (unpaired) electrons. The molecule has 1 aliphatic heterocycles. The highest BCUT2D eigenvalue weighted by Crippen LogP contribution is 2.18. The Morgan fingerprint density at radius 3 is 2.44 bits per heavy atom. The average Bonchev–Trinajstić information content (AvgIpc) is 3.54. The number of anilines is 1. The van der Waals surface area contributed by atoms with Crippen LogP contribution in [0.4, 0.5) is 10.5 Å². The Bertz CT molecular complexity index is 1140. The topological polar surface area (TPSA) is 75.0 Å². The number of furan rings is 1. The number of hydrogen-bond donors (Lipinski definition) is 1. The number of para-hydroxylation sites is 1. The number of hydrogen-bond acceptors (Lipinski definition) is 4. The fraction of sp³-hybridized carbons (Fsp3) is 0.379. The van der Waals surface area contributed by atoms with Crippen molar-refractivity contribution >= 4 is 17.6 Å². The number of ether oxygens (including phenoxy) is 1. The van der Waals surface area contributed by atoms with E-state index in [0.29, 0.717) is 32.7 Å². The lowest BCUT2D eigenvalue weighted by Gasteiger charge is -2.29. The van der Waals surface area contributed by atoms with E-state index in [1.54, 1.807) is 9.80 Å². The van der Waals surface area contributed by atoms with Gasteiger partial charge in [-0.1, -0.05) is 48.5 Å². The molecule has 1 aliphatic rings. The smallest absolute Gasteiger partial charge is 0.322 e. The molecule has 2 aromatic carbocycles. The van der Waals surface area contributed by atoms with Gasteiger partial charge >= 0.3 is 6.03 Å². The Morgan fingerprint density at radius 2 is 1.75 bits per heavy atom. The molecular weight excluding hydrogens is 454 g/mol. The number of rotatable bonds is 10. The molecule has 0 aliphatic carbocycles. The molecule has 7 nitrogen and oxygen atoms in total. The molecule has 36 heavy (non-hydrogen) atoms. The van der Waals surface area contributed by atoms with Crippen molar-refractivity contribution in [2.45, 2.75) is 45.8 Å². The first-order valence-corrected chi connectivity index (χ1v) is 12.6. The van der Waals surface area contributed by atoms with Crippen molar-refractivity contribution in [2.75, 3.05) is 31.6 Å². The maximum Gasteiger partial charge on any atom is 0.322 e. The molecule has 1 aromatic heterocycles. The molecule has 3 aromatic rings. The number of carbonyl (C=O) groups is 2. The van der Waals surface area contributed by atoms with Crippen LogP contribution in [0, 0.1) is 13.8 Å². The summed E-state index contributed by atoms with van der Waals surface area (Å²) in [6, 6.07) is 21.2. The molecule has 3 amide bonds. The van der Waals surface area contributed by atoms with Crippen LogP contribution in [0.25, 0.3) is 0 Å². The largest absolute Gasteiger partial charge is 0.464 e. The SMILES string of the molecule is Cc1ccc(CN(CCc2ccccc2)C(=O)CN(CC2CCCO2)C(=O)Nc2ccccc2C)o1. The van der Waals surface area contributed by atoms with Crippen LogP contribution in [0.1, 0.15) is 35.5 Å². The van der Waals surface area contributed by atoms with E-state index >= 15 is 0 Å². The molecule has 0 bridgehead atoms. The Labute approximate surface area is 213 Å². The van der Waals surface area contributed by atoms with E-state index in [1.165, 1.54) is 0 Å². The number of carbonyl (C=O) groups excluding carboxylic acids is 2. The van der Waals surface area contributed by atoms with Gasteiger partial charge in [-0.05, 0) is 62.4 Å². The van der Waals surface area contributed by atoms with Crippen molar-refractivity contribution in [3.8, 4) is 0 Å². The Kier molecular flexibility index (Phi) is 8.79. The summed E-state index contributed by atoms with van der Waals surface area (Å²) in [4.78, 5) is 30.3. The highest BCUT2D eigenvalue weighted by Gasteiger charge is 2.27. The maximum absolute atomic E-state index is 13.6. The summed E-state index contributed by atoms with van der Waals surface area (Å²) < 4.78 is 11.6. The van der Waals surface area contributed by atoms with Crippen LogP contribution in [0.5, 0.6) is 0 Å². The van der Waals surface area contributed by atoms with Crippen LogP contribution in [0.3, 0.4) is 0 Å². The number of amides is 3.